The minimum absolute atomic E-state index is 0.0866. The van der Waals surface area contributed by atoms with Crippen molar-refractivity contribution in [3.8, 4) is 0 Å². The Morgan fingerprint density at radius 2 is 1.88 bits per heavy atom. The summed E-state index contributed by atoms with van der Waals surface area (Å²) >= 11 is 0. The Labute approximate surface area is 106 Å². The first-order chi connectivity index (χ1) is 8.03. The Bertz CT molecular complexity index is 295. The van der Waals surface area contributed by atoms with E-state index in [9.17, 15) is 8.42 Å². The van der Waals surface area contributed by atoms with E-state index < -0.39 is 9.84 Å². The molecule has 1 unspecified atom stereocenters. The molecule has 17 heavy (non-hydrogen) atoms. The van der Waals surface area contributed by atoms with E-state index in [1.54, 1.807) is 6.92 Å². The molecule has 1 fully saturated rings. The highest BCUT2D eigenvalue weighted by Crippen LogP contribution is 2.25. The zero-order valence-electron chi connectivity index (χ0n) is 11.2. The average molecular weight is 261 g/mol. The number of sulfone groups is 1. The van der Waals surface area contributed by atoms with Gasteiger partial charge < -0.3 is 5.32 Å². The van der Waals surface area contributed by atoms with E-state index in [2.05, 4.69) is 5.32 Å². The first-order valence-electron chi connectivity index (χ1n) is 6.97. The number of hydrogen-bond acceptors (Lipinski definition) is 3. The second-order valence-corrected chi connectivity index (χ2v) is 7.74. The molecule has 0 spiro atoms. The van der Waals surface area contributed by atoms with Crippen LogP contribution in [0, 0.1) is 5.92 Å². The van der Waals surface area contributed by atoms with E-state index in [4.69, 9.17) is 0 Å². The van der Waals surface area contributed by atoms with Crippen LogP contribution in [0.15, 0.2) is 0 Å². The molecule has 0 amide bonds. The van der Waals surface area contributed by atoms with Gasteiger partial charge in [-0.15, -0.1) is 0 Å². The molecule has 1 rings (SSSR count). The molecule has 0 bridgehead atoms. The molecule has 0 aliphatic heterocycles. The molecule has 0 aromatic heterocycles. The topological polar surface area (TPSA) is 46.2 Å². The average Bonchev–Trinajstić information content (AvgIpc) is 2.30. The zero-order chi connectivity index (χ0) is 12.7. The summed E-state index contributed by atoms with van der Waals surface area (Å²) in [5.41, 5.74) is 0. The number of nitrogens with one attached hydrogen (secondary N) is 1. The quantitative estimate of drug-likeness (QED) is 0.765. The smallest absolute Gasteiger partial charge is 0.151 e. The van der Waals surface area contributed by atoms with Crippen LogP contribution in [0.2, 0.25) is 0 Å². The van der Waals surface area contributed by atoms with Crippen molar-refractivity contribution >= 4 is 9.84 Å². The van der Waals surface area contributed by atoms with Crippen LogP contribution in [-0.4, -0.2) is 32.5 Å². The fraction of sp³-hybridized carbons (Fsp3) is 1.00. The summed E-state index contributed by atoms with van der Waals surface area (Å²) in [6, 6.07) is 0.0866. The third-order valence-electron chi connectivity index (χ3n) is 3.71. The minimum atomic E-state index is -2.84. The fourth-order valence-corrected chi connectivity index (χ4v) is 3.68. The van der Waals surface area contributed by atoms with Crippen molar-refractivity contribution in [2.75, 3.05) is 18.1 Å². The van der Waals surface area contributed by atoms with E-state index in [-0.39, 0.29) is 17.5 Å². The first-order valence-corrected chi connectivity index (χ1v) is 8.79. The molecule has 1 N–H and O–H groups in total. The van der Waals surface area contributed by atoms with E-state index >= 15 is 0 Å². The molecular weight excluding hydrogens is 234 g/mol. The Hall–Kier alpha value is -0.0900. The summed E-state index contributed by atoms with van der Waals surface area (Å²) < 4.78 is 22.9. The summed E-state index contributed by atoms with van der Waals surface area (Å²) in [5, 5.41) is 3.34. The highest BCUT2D eigenvalue weighted by Gasteiger charge is 2.15. The van der Waals surface area contributed by atoms with Gasteiger partial charge in [0.25, 0.3) is 0 Å². The highest BCUT2D eigenvalue weighted by molar-refractivity contribution is 7.91. The Kier molecular flexibility index (Phi) is 6.49. The molecule has 0 saturated heterocycles. The second kappa shape index (κ2) is 7.37. The summed E-state index contributed by atoms with van der Waals surface area (Å²) in [4.78, 5) is 0. The molecule has 0 radical (unpaired) electrons. The van der Waals surface area contributed by atoms with Gasteiger partial charge in [-0.3, -0.25) is 0 Å². The van der Waals surface area contributed by atoms with Crippen LogP contribution in [0.1, 0.15) is 52.4 Å². The van der Waals surface area contributed by atoms with Crippen molar-refractivity contribution in [2.45, 2.75) is 58.4 Å². The largest absolute Gasteiger partial charge is 0.313 e. The van der Waals surface area contributed by atoms with Gasteiger partial charge in [0, 0.05) is 11.8 Å². The van der Waals surface area contributed by atoms with Gasteiger partial charge in [-0.1, -0.05) is 39.0 Å². The molecule has 0 aromatic rings. The lowest BCUT2D eigenvalue weighted by molar-refractivity contribution is 0.330. The van der Waals surface area contributed by atoms with Gasteiger partial charge in [0.1, 0.15) is 0 Å². The fourth-order valence-electron chi connectivity index (χ4n) is 2.57. The van der Waals surface area contributed by atoms with Crippen LogP contribution in [0.3, 0.4) is 0 Å². The van der Waals surface area contributed by atoms with Gasteiger partial charge in [-0.2, -0.15) is 0 Å². The predicted octanol–water partition coefficient (Wildman–Crippen LogP) is 2.37. The van der Waals surface area contributed by atoms with E-state index in [1.807, 2.05) is 6.92 Å². The van der Waals surface area contributed by atoms with E-state index in [1.165, 1.54) is 38.5 Å². The van der Waals surface area contributed by atoms with Gasteiger partial charge in [0.15, 0.2) is 9.84 Å². The van der Waals surface area contributed by atoms with Crippen LogP contribution in [0.5, 0.6) is 0 Å². The monoisotopic (exact) mass is 261 g/mol. The van der Waals surface area contributed by atoms with Gasteiger partial charge in [0.05, 0.1) is 5.75 Å². The first kappa shape index (κ1) is 15.0. The third kappa shape index (κ3) is 6.41. The summed E-state index contributed by atoms with van der Waals surface area (Å²) in [7, 11) is -2.84. The minimum Gasteiger partial charge on any atom is -0.313 e. The number of rotatable bonds is 7. The van der Waals surface area contributed by atoms with Crippen LogP contribution < -0.4 is 5.32 Å². The normalized spacial score (nSPS) is 20.4. The summed E-state index contributed by atoms with van der Waals surface area (Å²) in [6.07, 6.45) is 8.09. The van der Waals surface area contributed by atoms with Crippen LogP contribution in [0.25, 0.3) is 0 Å². The second-order valence-electron chi connectivity index (χ2n) is 5.35. The van der Waals surface area contributed by atoms with Crippen LogP contribution in [-0.2, 0) is 9.84 Å². The molecule has 3 nitrogen and oxygen atoms in total. The predicted molar refractivity (Wildman–Crippen MR) is 73.0 cm³/mol. The zero-order valence-corrected chi connectivity index (χ0v) is 12.1. The van der Waals surface area contributed by atoms with Gasteiger partial charge in [0.2, 0.25) is 0 Å². The van der Waals surface area contributed by atoms with Crippen molar-refractivity contribution in [1.82, 2.24) is 5.32 Å². The molecular formula is C13H27NO2S. The summed E-state index contributed by atoms with van der Waals surface area (Å²) in [6.45, 7) is 4.64. The molecule has 1 aliphatic carbocycles. The molecule has 1 aliphatic rings. The van der Waals surface area contributed by atoms with Crippen molar-refractivity contribution < 1.29 is 8.42 Å². The molecule has 102 valence electrons. The van der Waals surface area contributed by atoms with E-state index in [0.29, 0.717) is 0 Å². The van der Waals surface area contributed by atoms with Crippen molar-refractivity contribution in [3.05, 3.63) is 0 Å². The maximum absolute atomic E-state index is 11.4. The third-order valence-corrected chi connectivity index (χ3v) is 5.60. The van der Waals surface area contributed by atoms with E-state index in [0.717, 1.165) is 12.5 Å². The van der Waals surface area contributed by atoms with Crippen LogP contribution in [0.4, 0.5) is 0 Å². The van der Waals surface area contributed by atoms with Crippen molar-refractivity contribution in [1.29, 1.82) is 0 Å². The van der Waals surface area contributed by atoms with Gasteiger partial charge in [-0.05, 0) is 25.8 Å². The Balaban J connectivity index is 2.13. The SMILES string of the molecule is CCS(=O)(=O)CC(C)NCCC1CCCCC1. The summed E-state index contributed by atoms with van der Waals surface area (Å²) in [5.74, 6) is 1.39. The Morgan fingerprint density at radius 1 is 1.24 bits per heavy atom. The standard InChI is InChI=1S/C13H27NO2S/c1-3-17(15,16)11-12(2)14-10-9-13-7-5-4-6-8-13/h12-14H,3-11H2,1-2H3. The molecule has 0 aromatic carbocycles. The van der Waals surface area contributed by atoms with Gasteiger partial charge >= 0.3 is 0 Å². The van der Waals surface area contributed by atoms with Crippen molar-refractivity contribution in [2.24, 2.45) is 5.92 Å². The molecule has 1 atom stereocenters. The lowest BCUT2D eigenvalue weighted by atomic mass is 9.87. The lowest BCUT2D eigenvalue weighted by Gasteiger charge is -2.22. The maximum Gasteiger partial charge on any atom is 0.151 e. The van der Waals surface area contributed by atoms with Crippen molar-refractivity contribution in [3.63, 3.8) is 0 Å². The molecule has 4 heteroatoms. The number of hydrogen-bond donors (Lipinski definition) is 1. The molecule has 0 heterocycles. The maximum atomic E-state index is 11.4. The molecule has 1 saturated carbocycles. The lowest BCUT2D eigenvalue weighted by Crippen LogP contribution is -2.35. The highest BCUT2D eigenvalue weighted by atomic mass is 32.2. The Morgan fingerprint density at radius 3 is 2.47 bits per heavy atom. The van der Waals surface area contributed by atoms with Gasteiger partial charge in [-0.25, -0.2) is 8.42 Å². The van der Waals surface area contributed by atoms with Crippen LogP contribution >= 0.6 is 0 Å².